The van der Waals surface area contributed by atoms with Gasteiger partial charge in [-0.25, -0.2) is 5.43 Å². The summed E-state index contributed by atoms with van der Waals surface area (Å²) in [4.78, 5) is 15.4. The van der Waals surface area contributed by atoms with Gasteiger partial charge in [-0.2, -0.15) is 10.2 Å². The Balaban J connectivity index is 1.81. The second kappa shape index (κ2) is 6.08. The smallest absolute Gasteiger partial charge is 0.273 e. The molecule has 2 N–H and O–H groups in total. The number of carbonyl (C=O) groups excluding carboxylic acids is 1. The summed E-state index contributed by atoms with van der Waals surface area (Å²) < 4.78 is 1.85. The summed E-state index contributed by atoms with van der Waals surface area (Å²) in [6.07, 6.45) is 3.64. The molecule has 3 rings (SSSR count). The zero-order valence-electron chi connectivity index (χ0n) is 13.4. The summed E-state index contributed by atoms with van der Waals surface area (Å²) in [5, 5.41) is 9.48. The Labute approximate surface area is 134 Å². The molecule has 2 heterocycles. The summed E-state index contributed by atoms with van der Waals surface area (Å²) in [5.41, 5.74) is 6.70. The minimum absolute atomic E-state index is 0.234. The van der Waals surface area contributed by atoms with Gasteiger partial charge in [-0.1, -0.05) is 18.2 Å². The number of hydrogen-bond donors (Lipinski definition) is 2. The Kier molecular flexibility index (Phi) is 3.97. The molecular weight excluding hydrogens is 290 g/mol. The molecule has 6 heteroatoms. The standard InChI is InChI=1S/C17H19N5O/c1-4-22-10-15(12(3)21-22)11(2)19-20-17(23)14-9-18-16-8-6-5-7-13(14)16/h5-10,18H,4H2,1-3H3,(H,20,23)/b19-11-. The van der Waals surface area contributed by atoms with Crippen LogP contribution in [0.2, 0.25) is 0 Å². The van der Waals surface area contributed by atoms with Gasteiger partial charge in [-0.05, 0) is 26.8 Å². The highest BCUT2D eigenvalue weighted by atomic mass is 16.2. The van der Waals surface area contributed by atoms with Crippen LogP contribution < -0.4 is 5.43 Å². The number of nitrogens with one attached hydrogen (secondary N) is 2. The van der Waals surface area contributed by atoms with Gasteiger partial charge in [0.2, 0.25) is 0 Å². The van der Waals surface area contributed by atoms with Crippen LogP contribution in [0.1, 0.15) is 35.5 Å². The van der Waals surface area contributed by atoms with Gasteiger partial charge in [-0.3, -0.25) is 9.48 Å². The SMILES string of the molecule is CCn1cc(/C(C)=N\NC(=O)c2c[nH]c3ccccc23)c(C)n1. The van der Waals surface area contributed by atoms with Gasteiger partial charge < -0.3 is 4.98 Å². The molecule has 0 spiro atoms. The molecule has 0 radical (unpaired) electrons. The Morgan fingerprint density at radius 2 is 2.13 bits per heavy atom. The third-order valence-corrected chi connectivity index (χ3v) is 3.82. The van der Waals surface area contributed by atoms with Crippen molar-refractivity contribution in [1.82, 2.24) is 20.2 Å². The third kappa shape index (κ3) is 2.88. The summed E-state index contributed by atoms with van der Waals surface area (Å²) in [7, 11) is 0. The summed E-state index contributed by atoms with van der Waals surface area (Å²) in [6, 6.07) is 7.68. The molecule has 0 saturated heterocycles. The molecule has 6 nitrogen and oxygen atoms in total. The first-order valence-corrected chi connectivity index (χ1v) is 7.55. The number of nitrogens with zero attached hydrogens (tertiary/aromatic N) is 3. The van der Waals surface area contributed by atoms with Gasteiger partial charge in [0.1, 0.15) is 0 Å². The average molecular weight is 309 g/mol. The number of aromatic nitrogens is 3. The third-order valence-electron chi connectivity index (χ3n) is 3.82. The largest absolute Gasteiger partial charge is 0.360 e. The van der Waals surface area contributed by atoms with Crippen molar-refractivity contribution >= 4 is 22.5 Å². The van der Waals surface area contributed by atoms with Crippen LogP contribution in [0.5, 0.6) is 0 Å². The Morgan fingerprint density at radius 3 is 2.87 bits per heavy atom. The highest BCUT2D eigenvalue weighted by Crippen LogP contribution is 2.17. The summed E-state index contributed by atoms with van der Waals surface area (Å²) >= 11 is 0. The van der Waals surface area contributed by atoms with E-state index in [4.69, 9.17) is 0 Å². The molecule has 0 fully saturated rings. The number of para-hydroxylation sites is 1. The van der Waals surface area contributed by atoms with Crippen molar-refractivity contribution in [2.24, 2.45) is 5.10 Å². The van der Waals surface area contributed by atoms with Gasteiger partial charge in [0, 0.05) is 35.4 Å². The van der Waals surface area contributed by atoms with Crippen molar-refractivity contribution in [2.75, 3.05) is 0 Å². The first-order chi connectivity index (χ1) is 11.1. The van der Waals surface area contributed by atoms with Gasteiger partial charge in [0.25, 0.3) is 5.91 Å². The molecule has 0 aliphatic rings. The van der Waals surface area contributed by atoms with Crippen molar-refractivity contribution in [3.05, 3.63) is 53.5 Å². The number of hydrogen-bond acceptors (Lipinski definition) is 3. The van der Waals surface area contributed by atoms with E-state index < -0.39 is 0 Å². The Morgan fingerprint density at radius 1 is 1.35 bits per heavy atom. The Hall–Kier alpha value is -2.89. The zero-order valence-corrected chi connectivity index (χ0v) is 13.4. The van der Waals surface area contributed by atoms with E-state index in [-0.39, 0.29) is 5.91 Å². The maximum atomic E-state index is 12.3. The molecule has 0 saturated carbocycles. The van der Waals surface area contributed by atoms with Gasteiger partial charge >= 0.3 is 0 Å². The average Bonchev–Trinajstić information content (AvgIpc) is 3.15. The normalized spacial score (nSPS) is 11.9. The van der Waals surface area contributed by atoms with Crippen LogP contribution in [-0.4, -0.2) is 26.4 Å². The molecule has 1 aromatic carbocycles. The molecule has 1 amide bonds. The minimum Gasteiger partial charge on any atom is -0.360 e. The quantitative estimate of drug-likeness (QED) is 0.574. The fourth-order valence-electron chi connectivity index (χ4n) is 2.55. The van der Waals surface area contributed by atoms with Gasteiger partial charge in [0.05, 0.1) is 17.0 Å². The number of aryl methyl sites for hydroxylation is 2. The van der Waals surface area contributed by atoms with Crippen molar-refractivity contribution in [2.45, 2.75) is 27.3 Å². The van der Waals surface area contributed by atoms with E-state index >= 15 is 0 Å². The molecule has 23 heavy (non-hydrogen) atoms. The number of carbonyl (C=O) groups is 1. The molecule has 0 aliphatic carbocycles. The van der Waals surface area contributed by atoms with E-state index in [1.807, 2.05) is 55.9 Å². The van der Waals surface area contributed by atoms with E-state index in [1.165, 1.54) is 0 Å². The number of aromatic amines is 1. The lowest BCUT2D eigenvalue weighted by Gasteiger charge is -2.01. The number of rotatable bonds is 4. The lowest BCUT2D eigenvalue weighted by Crippen LogP contribution is -2.19. The molecule has 2 aromatic heterocycles. The summed E-state index contributed by atoms with van der Waals surface area (Å²) in [6.45, 7) is 6.62. The molecule has 0 aliphatic heterocycles. The molecule has 118 valence electrons. The van der Waals surface area contributed by atoms with E-state index in [2.05, 4.69) is 20.6 Å². The van der Waals surface area contributed by atoms with Crippen LogP contribution in [0.4, 0.5) is 0 Å². The predicted molar refractivity (Wildman–Crippen MR) is 90.6 cm³/mol. The number of H-pyrrole nitrogens is 1. The molecule has 0 atom stereocenters. The number of hydrazone groups is 1. The van der Waals surface area contributed by atoms with E-state index in [9.17, 15) is 4.79 Å². The van der Waals surface area contributed by atoms with E-state index in [0.717, 1.165) is 34.4 Å². The topological polar surface area (TPSA) is 75.1 Å². The van der Waals surface area contributed by atoms with Crippen molar-refractivity contribution in [1.29, 1.82) is 0 Å². The van der Waals surface area contributed by atoms with Gasteiger partial charge in [-0.15, -0.1) is 0 Å². The second-order valence-corrected chi connectivity index (χ2v) is 5.37. The first kappa shape index (κ1) is 15.0. The highest BCUT2D eigenvalue weighted by molar-refractivity contribution is 6.07. The van der Waals surface area contributed by atoms with Crippen LogP contribution in [0.3, 0.4) is 0 Å². The minimum atomic E-state index is -0.234. The van der Waals surface area contributed by atoms with Crippen molar-refractivity contribution < 1.29 is 4.79 Å². The van der Waals surface area contributed by atoms with Crippen LogP contribution >= 0.6 is 0 Å². The van der Waals surface area contributed by atoms with Crippen LogP contribution in [-0.2, 0) is 6.54 Å². The molecule has 3 aromatic rings. The zero-order chi connectivity index (χ0) is 16.4. The number of fused-ring (bicyclic) bond motifs is 1. The van der Waals surface area contributed by atoms with Crippen LogP contribution in [0.25, 0.3) is 10.9 Å². The van der Waals surface area contributed by atoms with E-state index in [0.29, 0.717) is 5.56 Å². The van der Waals surface area contributed by atoms with Crippen LogP contribution in [0, 0.1) is 6.92 Å². The van der Waals surface area contributed by atoms with Crippen LogP contribution in [0.15, 0.2) is 41.8 Å². The maximum Gasteiger partial charge on any atom is 0.273 e. The predicted octanol–water partition coefficient (Wildman–Crippen LogP) is 2.85. The second-order valence-electron chi connectivity index (χ2n) is 5.37. The number of amides is 1. The Bertz CT molecular complexity index is 887. The van der Waals surface area contributed by atoms with Gasteiger partial charge in [0.15, 0.2) is 0 Å². The lowest BCUT2D eigenvalue weighted by molar-refractivity contribution is 0.0956. The lowest BCUT2D eigenvalue weighted by atomic mass is 10.2. The number of benzene rings is 1. The van der Waals surface area contributed by atoms with Crippen molar-refractivity contribution in [3.63, 3.8) is 0 Å². The monoisotopic (exact) mass is 309 g/mol. The fourth-order valence-corrected chi connectivity index (χ4v) is 2.55. The first-order valence-electron chi connectivity index (χ1n) is 7.55. The fraction of sp³-hybridized carbons (Fsp3) is 0.235. The molecule has 0 unspecified atom stereocenters. The summed E-state index contributed by atoms with van der Waals surface area (Å²) in [5.74, 6) is -0.234. The molecule has 0 bridgehead atoms. The van der Waals surface area contributed by atoms with Crippen molar-refractivity contribution in [3.8, 4) is 0 Å². The highest BCUT2D eigenvalue weighted by Gasteiger charge is 2.12. The molecular formula is C17H19N5O. The van der Waals surface area contributed by atoms with E-state index in [1.54, 1.807) is 6.20 Å². The maximum absolute atomic E-state index is 12.3.